The third-order valence-electron chi connectivity index (χ3n) is 3.47. The van der Waals surface area contributed by atoms with E-state index in [1.54, 1.807) is 19.1 Å². The first-order valence-corrected chi connectivity index (χ1v) is 8.28. The number of nitrogens with zero attached hydrogens (tertiary/aromatic N) is 2. The first-order chi connectivity index (χ1) is 11.2. The molecule has 0 spiro atoms. The molecule has 0 radical (unpaired) electrons. The van der Waals surface area contributed by atoms with Crippen LogP contribution in [0.15, 0.2) is 51.2 Å². The fourth-order valence-electron chi connectivity index (χ4n) is 2.25. The van der Waals surface area contributed by atoms with Crippen LogP contribution in [-0.2, 0) is 9.84 Å². The summed E-state index contributed by atoms with van der Waals surface area (Å²) in [5, 5.41) is 11.3. The molecule has 0 aromatic heterocycles. The summed E-state index contributed by atoms with van der Waals surface area (Å²) >= 11 is 0. The molecule has 0 N–H and O–H groups in total. The summed E-state index contributed by atoms with van der Waals surface area (Å²) in [4.78, 5) is 24.9. The Kier molecular flexibility index (Phi) is 4.61. The van der Waals surface area contributed by atoms with Crippen molar-refractivity contribution in [3.63, 3.8) is 0 Å². The highest BCUT2D eigenvalue weighted by atomic mass is 32.2. The topological polar surface area (TPSA) is 107 Å². The number of hydrogen-bond donors (Lipinski definition) is 0. The van der Waals surface area contributed by atoms with Crippen molar-refractivity contribution in [3.05, 3.63) is 63.2 Å². The van der Waals surface area contributed by atoms with E-state index in [0.717, 1.165) is 12.1 Å². The lowest BCUT2D eigenvalue weighted by molar-refractivity contribution is -0.387. The molecule has 0 aliphatic rings. The van der Waals surface area contributed by atoms with Gasteiger partial charge < -0.3 is 0 Å². The van der Waals surface area contributed by atoms with Gasteiger partial charge >= 0.3 is 0 Å². The zero-order valence-electron chi connectivity index (χ0n) is 13.0. The molecule has 2 aromatic rings. The van der Waals surface area contributed by atoms with E-state index in [2.05, 4.69) is 11.7 Å². The minimum atomic E-state index is -4.11. The van der Waals surface area contributed by atoms with Crippen LogP contribution < -0.4 is 0 Å². The van der Waals surface area contributed by atoms with E-state index in [4.69, 9.17) is 0 Å². The van der Waals surface area contributed by atoms with Gasteiger partial charge in [-0.1, -0.05) is 12.1 Å². The minimum absolute atomic E-state index is 0.0501. The monoisotopic (exact) mass is 346 g/mol. The molecule has 0 aliphatic heterocycles. The van der Waals surface area contributed by atoms with E-state index in [1.807, 2.05) is 0 Å². The second-order valence-electron chi connectivity index (χ2n) is 5.18. The number of nitro groups is 1. The van der Waals surface area contributed by atoms with E-state index in [-0.39, 0.29) is 16.0 Å². The molecule has 0 bridgehead atoms. The van der Waals surface area contributed by atoms with Crippen molar-refractivity contribution in [1.82, 2.24) is 0 Å². The van der Waals surface area contributed by atoms with Crippen molar-refractivity contribution in [2.45, 2.75) is 23.6 Å². The Morgan fingerprint density at radius 2 is 1.88 bits per heavy atom. The van der Waals surface area contributed by atoms with Gasteiger partial charge in [0.15, 0.2) is 0 Å². The van der Waals surface area contributed by atoms with Gasteiger partial charge in [0, 0.05) is 6.07 Å². The Hall–Kier alpha value is -2.87. The van der Waals surface area contributed by atoms with Crippen LogP contribution in [0.3, 0.4) is 0 Å². The quantitative estimate of drug-likeness (QED) is 0.480. The summed E-state index contributed by atoms with van der Waals surface area (Å²) < 4.78 is 25.6. The van der Waals surface area contributed by atoms with E-state index < -0.39 is 31.3 Å². The van der Waals surface area contributed by atoms with E-state index in [9.17, 15) is 23.3 Å². The molecule has 0 unspecified atom stereocenters. The Morgan fingerprint density at radius 1 is 1.21 bits per heavy atom. The van der Waals surface area contributed by atoms with Gasteiger partial charge in [0.25, 0.3) is 11.6 Å². The molecule has 2 rings (SSSR count). The minimum Gasteiger partial charge on any atom is -0.267 e. The first-order valence-electron chi connectivity index (χ1n) is 6.80. The summed E-state index contributed by atoms with van der Waals surface area (Å²) in [6.07, 6.45) is 0. The fourth-order valence-corrected chi connectivity index (χ4v) is 3.85. The largest absolute Gasteiger partial charge is 0.289 e. The van der Waals surface area contributed by atoms with Crippen LogP contribution in [0, 0.1) is 24.0 Å². The van der Waals surface area contributed by atoms with Gasteiger partial charge in [-0.3, -0.25) is 14.9 Å². The lowest BCUT2D eigenvalue weighted by Gasteiger charge is -2.09. The van der Waals surface area contributed by atoms with Gasteiger partial charge in [0.05, 0.1) is 15.4 Å². The van der Waals surface area contributed by atoms with Crippen LogP contribution in [0.2, 0.25) is 0 Å². The summed E-state index contributed by atoms with van der Waals surface area (Å²) in [5.74, 6) is -0.755. The Balaban J connectivity index is 2.78. The molecule has 0 fully saturated rings. The molecule has 24 heavy (non-hydrogen) atoms. The number of aliphatic imine (C=N–C) groups is 1. The Labute approximate surface area is 138 Å². The maximum absolute atomic E-state index is 12.8. The molecule has 1 amide bonds. The zero-order valence-corrected chi connectivity index (χ0v) is 13.8. The number of rotatable bonds is 4. The molecule has 0 aliphatic carbocycles. The SMILES string of the molecule is C=NC(=O)c1cc([N+](=O)[O-])c(S(=O)(=O)c2cccc(C)c2)cc1C. The van der Waals surface area contributed by atoms with Gasteiger partial charge in [0.2, 0.25) is 9.84 Å². The second-order valence-corrected chi connectivity index (χ2v) is 7.09. The van der Waals surface area contributed by atoms with Crippen molar-refractivity contribution in [1.29, 1.82) is 0 Å². The molecule has 0 atom stereocenters. The third-order valence-corrected chi connectivity index (χ3v) is 5.25. The van der Waals surface area contributed by atoms with Crippen LogP contribution >= 0.6 is 0 Å². The molecule has 8 heteroatoms. The number of carbonyl (C=O) groups excluding carboxylic acids is 1. The number of carbonyl (C=O) groups is 1. The van der Waals surface area contributed by atoms with Crippen LogP contribution in [0.4, 0.5) is 5.69 Å². The molecule has 0 saturated heterocycles. The van der Waals surface area contributed by atoms with Gasteiger partial charge in [-0.2, -0.15) is 0 Å². The van der Waals surface area contributed by atoms with Crippen molar-refractivity contribution in [2.75, 3.05) is 0 Å². The fraction of sp³-hybridized carbons (Fsp3) is 0.125. The Bertz CT molecular complexity index is 964. The van der Waals surface area contributed by atoms with Crippen LogP contribution in [0.25, 0.3) is 0 Å². The molecule has 0 saturated carbocycles. The maximum Gasteiger partial charge on any atom is 0.289 e. The van der Waals surface area contributed by atoms with Crippen LogP contribution in [0.1, 0.15) is 21.5 Å². The van der Waals surface area contributed by atoms with E-state index in [0.29, 0.717) is 5.56 Å². The predicted octanol–water partition coefficient (Wildman–Crippen LogP) is 2.89. The number of amides is 1. The number of hydrogen-bond acceptors (Lipinski definition) is 5. The van der Waals surface area contributed by atoms with Gasteiger partial charge in [-0.15, -0.1) is 0 Å². The van der Waals surface area contributed by atoms with Crippen LogP contribution in [-0.4, -0.2) is 26.0 Å². The van der Waals surface area contributed by atoms with Crippen molar-refractivity contribution in [3.8, 4) is 0 Å². The lowest BCUT2D eigenvalue weighted by Crippen LogP contribution is -2.09. The number of benzene rings is 2. The number of aryl methyl sites for hydroxylation is 2. The van der Waals surface area contributed by atoms with E-state index in [1.165, 1.54) is 19.1 Å². The Morgan fingerprint density at radius 3 is 2.42 bits per heavy atom. The van der Waals surface area contributed by atoms with Crippen LogP contribution in [0.5, 0.6) is 0 Å². The highest BCUT2D eigenvalue weighted by molar-refractivity contribution is 7.91. The average Bonchev–Trinajstić information content (AvgIpc) is 2.53. The molecular weight excluding hydrogens is 332 g/mol. The second kappa shape index (κ2) is 6.32. The van der Waals surface area contributed by atoms with Gasteiger partial charge in [0.1, 0.15) is 4.90 Å². The van der Waals surface area contributed by atoms with Crippen molar-refractivity contribution < 1.29 is 18.1 Å². The first kappa shape index (κ1) is 17.5. The molecule has 124 valence electrons. The third kappa shape index (κ3) is 3.09. The number of nitro benzene ring substituents is 1. The summed E-state index contributed by atoms with van der Waals surface area (Å²) in [6.45, 7) is 6.30. The molecule has 2 aromatic carbocycles. The summed E-state index contributed by atoms with van der Waals surface area (Å²) in [5.41, 5.74) is 0.247. The number of sulfone groups is 1. The highest BCUT2D eigenvalue weighted by Gasteiger charge is 2.30. The average molecular weight is 346 g/mol. The van der Waals surface area contributed by atoms with Gasteiger partial charge in [-0.05, 0) is 49.9 Å². The smallest absolute Gasteiger partial charge is 0.267 e. The summed E-state index contributed by atoms with van der Waals surface area (Å²) in [6, 6.07) is 8.12. The summed E-state index contributed by atoms with van der Waals surface area (Å²) in [7, 11) is -4.11. The predicted molar refractivity (Wildman–Crippen MR) is 88.3 cm³/mol. The van der Waals surface area contributed by atoms with Crippen molar-refractivity contribution >= 4 is 28.1 Å². The molecule has 0 heterocycles. The normalized spacial score (nSPS) is 11.1. The highest BCUT2D eigenvalue weighted by Crippen LogP contribution is 2.32. The standard InChI is InChI=1S/C16H14N2O5S/c1-10-5-4-6-12(7-10)24(22,23)15-8-11(2)13(16(19)17-3)9-14(15)18(20)21/h4-9H,3H2,1-2H3. The molecule has 7 nitrogen and oxygen atoms in total. The zero-order chi connectivity index (χ0) is 18.1. The van der Waals surface area contributed by atoms with E-state index >= 15 is 0 Å². The van der Waals surface area contributed by atoms with Gasteiger partial charge in [-0.25, -0.2) is 13.4 Å². The van der Waals surface area contributed by atoms with Crippen molar-refractivity contribution in [2.24, 2.45) is 4.99 Å². The maximum atomic E-state index is 12.8. The molecular formula is C16H14N2O5S. The lowest BCUT2D eigenvalue weighted by atomic mass is 10.1.